The van der Waals surface area contributed by atoms with E-state index in [-0.39, 0.29) is 24.3 Å². The second-order valence-corrected chi connectivity index (χ2v) is 8.60. The van der Waals surface area contributed by atoms with Gasteiger partial charge in [-0.05, 0) is 52.9 Å². The number of likely N-dealkylation sites (tertiary alicyclic amines) is 1. The first-order valence-corrected chi connectivity index (χ1v) is 10.4. The van der Waals surface area contributed by atoms with Crippen molar-refractivity contribution in [2.75, 3.05) is 46.5 Å². The Balaban J connectivity index is 1.66. The Kier molecular flexibility index (Phi) is 8.82. The van der Waals surface area contributed by atoms with Crippen LogP contribution < -0.4 is 5.32 Å². The van der Waals surface area contributed by atoms with E-state index < -0.39 is 5.60 Å². The van der Waals surface area contributed by atoms with Crippen LogP contribution in [0.25, 0.3) is 0 Å². The first-order valence-electron chi connectivity index (χ1n) is 10.4. The SMILES string of the molecule is CN(C(=O)OC(C)(C)C)[C@@H]1CCCN(C(=O)NCCCOC2CCOCC2)C1. The summed E-state index contributed by atoms with van der Waals surface area (Å²) in [5, 5.41) is 2.96. The monoisotopic (exact) mass is 399 g/mol. The molecule has 0 aromatic heterocycles. The van der Waals surface area contributed by atoms with Crippen molar-refractivity contribution in [3.63, 3.8) is 0 Å². The number of piperidine rings is 1. The molecule has 28 heavy (non-hydrogen) atoms. The fourth-order valence-corrected chi connectivity index (χ4v) is 3.41. The zero-order valence-electron chi connectivity index (χ0n) is 17.9. The minimum atomic E-state index is -0.524. The van der Waals surface area contributed by atoms with Crippen LogP contribution in [0.4, 0.5) is 9.59 Å². The number of urea groups is 1. The van der Waals surface area contributed by atoms with Crippen LogP contribution in [0.15, 0.2) is 0 Å². The Morgan fingerprint density at radius 2 is 1.93 bits per heavy atom. The maximum atomic E-state index is 12.5. The van der Waals surface area contributed by atoms with E-state index in [1.165, 1.54) is 0 Å². The molecule has 1 atom stereocenters. The van der Waals surface area contributed by atoms with Crippen molar-refractivity contribution < 1.29 is 23.8 Å². The topological polar surface area (TPSA) is 80.3 Å². The quantitative estimate of drug-likeness (QED) is 0.695. The average molecular weight is 400 g/mol. The molecule has 2 fully saturated rings. The van der Waals surface area contributed by atoms with Gasteiger partial charge in [-0.1, -0.05) is 0 Å². The Hall–Kier alpha value is -1.54. The molecule has 3 amide bonds. The van der Waals surface area contributed by atoms with Gasteiger partial charge in [0.15, 0.2) is 0 Å². The van der Waals surface area contributed by atoms with Gasteiger partial charge in [-0.15, -0.1) is 0 Å². The lowest BCUT2D eigenvalue weighted by Gasteiger charge is -2.38. The van der Waals surface area contributed by atoms with Crippen molar-refractivity contribution >= 4 is 12.1 Å². The molecule has 8 heteroatoms. The summed E-state index contributed by atoms with van der Waals surface area (Å²) in [7, 11) is 1.74. The van der Waals surface area contributed by atoms with E-state index in [1.807, 2.05) is 20.8 Å². The molecule has 2 aliphatic rings. The zero-order valence-corrected chi connectivity index (χ0v) is 17.9. The van der Waals surface area contributed by atoms with Crippen LogP contribution in [0.1, 0.15) is 52.9 Å². The highest BCUT2D eigenvalue weighted by Gasteiger charge is 2.30. The standard InChI is InChI=1S/C20H37N3O5/c1-20(2,3)28-19(25)22(4)16-7-5-11-23(15-16)18(24)21-10-6-12-27-17-8-13-26-14-9-17/h16-17H,5-15H2,1-4H3,(H,21,24)/t16-/m1/s1. The molecule has 0 bridgehead atoms. The fourth-order valence-electron chi connectivity index (χ4n) is 3.41. The normalized spacial score (nSPS) is 21.3. The van der Waals surface area contributed by atoms with Gasteiger partial charge >= 0.3 is 12.1 Å². The van der Waals surface area contributed by atoms with Crippen LogP contribution in [0, 0.1) is 0 Å². The number of amides is 3. The maximum absolute atomic E-state index is 12.5. The molecule has 0 radical (unpaired) electrons. The Morgan fingerprint density at radius 3 is 2.61 bits per heavy atom. The van der Waals surface area contributed by atoms with Gasteiger partial charge in [0.05, 0.1) is 12.1 Å². The second kappa shape index (κ2) is 10.9. The van der Waals surface area contributed by atoms with Crippen LogP contribution in [-0.4, -0.2) is 86.2 Å². The summed E-state index contributed by atoms with van der Waals surface area (Å²) in [4.78, 5) is 28.1. The second-order valence-electron chi connectivity index (χ2n) is 8.60. The Labute approximate surface area is 168 Å². The number of nitrogens with one attached hydrogen (secondary N) is 1. The van der Waals surface area contributed by atoms with Crippen molar-refractivity contribution in [3.05, 3.63) is 0 Å². The van der Waals surface area contributed by atoms with Crippen LogP contribution in [0.3, 0.4) is 0 Å². The van der Waals surface area contributed by atoms with Crippen LogP contribution in [0.2, 0.25) is 0 Å². The molecule has 2 heterocycles. The number of carbonyl (C=O) groups is 2. The van der Waals surface area contributed by atoms with Gasteiger partial charge in [0.1, 0.15) is 5.60 Å². The molecule has 0 spiro atoms. The summed E-state index contributed by atoms with van der Waals surface area (Å²) in [6.45, 7) is 9.58. The maximum Gasteiger partial charge on any atom is 0.410 e. The third kappa shape index (κ3) is 7.83. The van der Waals surface area contributed by atoms with Gasteiger partial charge in [-0.2, -0.15) is 0 Å². The number of carbonyl (C=O) groups excluding carboxylic acids is 2. The first kappa shape index (κ1) is 22.7. The summed E-state index contributed by atoms with van der Waals surface area (Å²) in [5.41, 5.74) is -0.524. The lowest BCUT2D eigenvalue weighted by molar-refractivity contribution is -0.0321. The van der Waals surface area contributed by atoms with Crippen molar-refractivity contribution in [1.82, 2.24) is 15.1 Å². The van der Waals surface area contributed by atoms with Gasteiger partial charge in [0.25, 0.3) is 0 Å². The molecule has 0 saturated carbocycles. The molecule has 2 rings (SSSR count). The first-order chi connectivity index (χ1) is 13.3. The molecule has 162 valence electrons. The fraction of sp³-hybridized carbons (Fsp3) is 0.900. The predicted molar refractivity (Wildman–Crippen MR) is 106 cm³/mol. The molecular formula is C20H37N3O5. The molecule has 2 aliphatic heterocycles. The number of ether oxygens (including phenoxy) is 3. The number of hydrogen-bond donors (Lipinski definition) is 1. The summed E-state index contributed by atoms with van der Waals surface area (Å²) in [5.74, 6) is 0. The van der Waals surface area contributed by atoms with Crippen molar-refractivity contribution in [1.29, 1.82) is 0 Å². The lowest BCUT2D eigenvalue weighted by Crippen LogP contribution is -2.53. The van der Waals surface area contributed by atoms with Crippen LogP contribution >= 0.6 is 0 Å². The van der Waals surface area contributed by atoms with Gasteiger partial charge in [0.2, 0.25) is 0 Å². The van der Waals surface area contributed by atoms with E-state index in [2.05, 4.69) is 5.32 Å². The van der Waals surface area contributed by atoms with Gasteiger partial charge < -0.3 is 29.3 Å². The van der Waals surface area contributed by atoms with Crippen LogP contribution in [0.5, 0.6) is 0 Å². The molecule has 0 aromatic carbocycles. The van der Waals surface area contributed by atoms with E-state index in [4.69, 9.17) is 14.2 Å². The van der Waals surface area contributed by atoms with E-state index in [0.29, 0.717) is 26.2 Å². The molecule has 0 aromatic rings. The highest BCUT2D eigenvalue weighted by atomic mass is 16.6. The Bertz CT molecular complexity index is 503. The van der Waals surface area contributed by atoms with Crippen molar-refractivity contribution in [2.24, 2.45) is 0 Å². The number of nitrogens with zero attached hydrogens (tertiary/aromatic N) is 2. The predicted octanol–water partition coefficient (Wildman–Crippen LogP) is 2.61. The van der Waals surface area contributed by atoms with Crippen molar-refractivity contribution in [3.8, 4) is 0 Å². The minimum absolute atomic E-state index is 0.0220. The highest BCUT2D eigenvalue weighted by molar-refractivity contribution is 5.74. The van der Waals surface area contributed by atoms with E-state index in [9.17, 15) is 9.59 Å². The summed E-state index contributed by atoms with van der Waals surface area (Å²) in [6, 6.07) is -0.0976. The van der Waals surface area contributed by atoms with Gasteiger partial charge in [0, 0.05) is 46.5 Å². The van der Waals surface area contributed by atoms with Crippen molar-refractivity contribution in [2.45, 2.75) is 70.6 Å². The van der Waals surface area contributed by atoms with Gasteiger partial charge in [-0.3, -0.25) is 0 Å². The van der Waals surface area contributed by atoms with Gasteiger partial charge in [-0.25, -0.2) is 9.59 Å². The molecule has 8 nitrogen and oxygen atoms in total. The summed E-state index contributed by atoms with van der Waals surface area (Å²) < 4.78 is 16.6. The third-order valence-electron chi connectivity index (χ3n) is 5.03. The lowest BCUT2D eigenvalue weighted by atomic mass is 10.1. The Morgan fingerprint density at radius 1 is 1.21 bits per heavy atom. The zero-order chi connectivity index (χ0) is 20.6. The highest BCUT2D eigenvalue weighted by Crippen LogP contribution is 2.18. The minimum Gasteiger partial charge on any atom is -0.444 e. The molecule has 0 unspecified atom stereocenters. The average Bonchev–Trinajstić information content (AvgIpc) is 2.66. The largest absolute Gasteiger partial charge is 0.444 e. The molecule has 1 N–H and O–H groups in total. The summed E-state index contributed by atoms with van der Waals surface area (Å²) >= 11 is 0. The number of hydrogen-bond acceptors (Lipinski definition) is 5. The summed E-state index contributed by atoms with van der Waals surface area (Å²) in [6.07, 6.45) is 4.38. The molecular weight excluding hydrogens is 362 g/mol. The number of rotatable bonds is 6. The smallest absolute Gasteiger partial charge is 0.410 e. The van der Waals surface area contributed by atoms with E-state index in [1.54, 1.807) is 16.8 Å². The van der Waals surface area contributed by atoms with Crippen LogP contribution in [-0.2, 0) is 14.2 Å². The molecule has 2 saturated heterocycles. The molecule has 0 aliphatic carbocycles. The third-order valence-corrected chi connectivity index (χ3v) is 5.03. The van der Waals surface area contributed by atoms with E-state index >= 15 is 0 Å². The number of likely N-dealkylation sites (N-methyl/N-ethyl adjacent to an activating group) is 1. The van der Waals surface area contributed by atoms with E-state index in [0.717, 1.165) is 45.3 Å².